The number of hydrogen-bond donors (Lipinski definition) is 3. The number of anilines is 2. The molecule has 6 aromatic carbocycles. The summed E-state index contributed by atoms with van der Waals surface area (Å²) in [6, 6.07) is 49.6. The highest BCUT2D eigenvalue weighted by Gasteiger charge is 2.36. The molecule has 0 saturated carbocycles. The van der Waals surface area contributed by atoms with Gasteiger partial charge < -0.3 is 20.5 Å². The van der Waals surface area contributed by atoms with Crippen LogP contribution in [0.3, 0.4) is 0 Å². The van der Waals surface area contributed by atoms with E-state index < -0.39 is 17.9 Å². The lowest BCUT2D eigenvalue weighted by Crippen LogP contribution is -2.37. The molecule has 8 rings (SSSR count). The maximum absolute atomic E-state index is 14.8. The standard InChI is InChI=1S/C45H33ClN4O3/c46-33-25-23-30(24-26-33)42(49-43(51)31-15-5-2-6-16-31)44(52)48-37-21-11-8-18-34(37)40(38-27-32-17-7-10-20-36(32)47-38)41-35-19-9-12-22-39(35)50(45(41)53)28-29-13-3-1-4-14-29/h1-27,42,47H,28H2,(H,48,52)(H,49,51). The number of halogens is 1. The zero-order valence-electron chi connectivity index (χ0n) is 28.4. The molecule has 8 heteroatoms. The van der Waals surface area contributed by atoms with E-state index in [1.165, 1.54) is 0 Å². The summed E-state index contributed by atoms with van der Waals surface area (Å²) in [6.45, 7) is 0.391. The molecule has 2 heterocycles. The van der Waals surface area contributed by atoms with Gasteiger partial charge in [0.1, 0.15) is 6.04 Å². The molecule has 1 unspecified atom stereocenters. The first-order valence-corrected chi connectivity index (χ1v) is 17.6. The number of nitrogens with one attached hydrogen (secondary N) is 3. The van der Waals surface area contributed by atoms with Gasteiger partial charge >= 0.3 is 0 Å². The van der Waals surface area contributed by atoms with Crippen molar-refractivity contribution in [3.05, 3.63) is 202 Å². The number of benzene rings is 6. The first kappa shape index (κ1) is 33.4. The highest BCUT2D eigenvalue weighted by Crippen LogP contribution is 2.45. The fourth-order valence-electron chi connectivity index (χ4n) is 6.84. The third-order valence-electron chi connectivity index (χ3n) is 9.39. The minimum Gasteiger partial charge on any atom is -0.354 e. The van der Waals surface area contributed by atoms with Gasteiger partial charge in [-0.05, 0) is 59.7 Å². The van der Waals surface area contributed by atoms with Crippen LogP contribution in [-0.4, -0.2) is 22.7 Å². The second kappa shape index (κ2) is 14.5. The van der Waals surface area contributed by atoms with Crippen molar-refractivity contribution in [2.45, 2.75) is 12.6 Å². The molecule has 1 aliphatic rings. The van der Waals surface area contributed by atoms with E-state index >= 15 is 0 Å². The number of H-pyrrole nitrogens is 1. The number of aromatic amines is 1. The fourth-order valence-corrected chi connectivity index (χ4v) is 6.97. The van der Waals surface area contributed by atoms with E-state index in [0.29, 0.717) is 45.1 Å². The SMILES string of the molecule is O=C(NC(C(=O)Nc1ccccc1C(=C1C(=O)N(Cc2ccccc2)c2ccccc21)c1cc2ccccc2[nH]1)c1ccc(Cl)cc1)c1ccccc1. The Morgan fingerprint density at radius 1 is 0.717 bits per heavy atom. The predicted molar refractivity (Wildman–Crippen MR) is 211 cm³/mol. The van der Waals surface area contributed by atoms with Gasteiger partial charge in [0.25, 0.3) is 17.7 Å². The van der Waals surface area contributed by atoms with Crippen LogP contribution in [0.1, 0.15) is 44.3 Å². The lowest BCUT2D eigenvalue weighted by molar-refractivity contribution is -0.118. The minimum absolute atomic E-state index is 0.154. The van der Waals surface area contributed by atoms with E-state index in [1.54, 1.807) is 53.4 Å². The largest absolute Gasteiger partial charge is 0.354 e. The summed E-state index contributed by atoms with van der Waals surface area (Å²) in [6.07, 6.45) is 0. The van der Waals surface area contributed by atoms with E-state index in [1.807, 2.05) is 115 Å². The van der Waals surface area contributed by atoms with Crippen molar-refractivity contribution in [2.24, 2.45) is 0 Å². The summed E-state index contributed by atoms with van der Waals surface area (Å²) in [4.78, 5) is 48.0. The van der Waals surface area contributed by atoms with Crippen LogP contribution >= 0.6 is 11.6 Å². The van der Waals surface area contributed by atoms with Crippen molar-refractivity contribution >= 4 is 62.7 Å². The quantitative estimate of drug-likeness (QED) is 0.130. The number of carbonyl (C=O) groups excluding carboxylic acids is 3. The average Bonchev–Trinajstić information content (AvgIpc) is 3.74. The van der Waals surface area contributed by atoms with Crippen molar-refractivity contribution < 1.29 is 14.4 Å². The van der Waals surface area contributed by atoms with Gasteiger partial charge in [-0.25, -0.2) is 0 Å². The summed E-state index contributed by atoms with van der Waals surface area (Å²) >= 11 is 6.21. The predicted octanol–water partition coefficient (Wildman–Crippen LogP) is 9.44. The van der Waals surface area contributed by atoms with Crippen molar-refractivity contribution in [1.82, 2.24) is 10.3 Å². The molecule has 1 aromatic heterocycles. The van der Waals surface area contributed by atoms with E-state index in [4.69, 9.17) is 11.6 Å². The number of carbonyl (C=O) groups is 3. The molecule has 0 saturated heterocycles. The molecule has 7 nitrogen and oxygen atoms in total. The van der Waals surface area contributed by atoms with E-state index in [2.05, 4.69) is 15.6 Å². The van der Waals surface area contributed by atoms with Gasteiger partial charge in [-0.1, -0.05) is 127 Å². The number of nitrogens with zero attached hydrogens (tertiary/aromatic N) is 1. The Kier molecular flexibility index (Phi) is 9.15. The molecule has 0 bridgehead atoms. The van der Waals surface area contributed by atoms with Crippen molar-refractivity contribution in [1.29, 1.82) is 0 Å². The van der Waals surface area contributed by atoms with Crippen molar-refractivity contribution in [3.8, 4) is 0 Å². The van der Waals surface area contributed by atoms with Gasteiger partial charge in [0.15, 0.2) is 0 Å². The number of fused-ring (bicyclic) bond motifs is 2. The lowest BCUT2D eigenvalue weighted by Gasteiger charge is -2.21. The summed E-state index contributed by atoms with van der Waals surface area (Å²) in [5, 5.41) is 7.52. The molecule has 258 valence electrons. The van der Waals surface area contributed by atoms with Gasteiger partial charge in [0, 0.05) is 49.6 Å². The van der Waals surface area contributed by atoms with E-state index in [9.17, 15) is 14.4 Å². The summed E-state index contributed by atoms with van der Waals surface area (Å²) < 4.78 is 0. The van der Waals surface area contributed by atoms with Crippen LogP contribution in [0, 0.1) is 0 Å². The number of rotatable bonds is 9. The molecule has 3 amide bonds. The first-order valence-electron chi connectivity index (χ1n) is 17.2. The van der Waals surface area contributed by atoms with Crippen LogP contribution in [0.4, 0.5) is 11.4 Å². The molecule has 0 aliphatic carbocycles. The Balaban J connectivity index is 1.26. The second-order valence-electron chi connectivity index (χ2n) is 12.8. The van der Waals surface area contributed by atoms with Crippen molar-refractivity contribution in [2.75, 3.05) is 10.2 Å². The Morgan fingerprint density at radius 2 is 1.38 bits per heavy atom. The third kappa shape index (κ3) is 6.73. The summed E-state index contributed by atoms with van der Waals surface area (Å²) in [5.74, 6) is -1.02. The molecule has 0 fully saturated rings. The lowest BCUT2D eigenvalue weighted by atomic mass is 9.91. The molecule has 0 radical (unpaired) electrons. The summed E-state index contributed by atoms with van der Waals surface area (Å²) in [7, 11) is 0. The molecule has 1 atom stereocenters. The molecule has 7 aromatic rings. The van der Waals surface area contributed by atoms with Crippen LogP contribution in [0.25, 0.3) is 22.0 Å². The first-order chi connectivity index (χ1) is 25.9. The zero-order chi connectivity index (χ0) is 36.3. The molecule has 1 aliphatic heterocycles. The number of para-hydroxylation sites is 3. The Labute approximate surface area is 311 Å². The highest BCUT2D eigenvalue weighted by atomic mass is 35.5. The van der Waals surface area contributed by atoms with Crippen LogP contribution < -0.4 is 15.5 Å². The van der Waals surface area contributed by atoms with Crippen LogP contribution in [0.2, 0.25) is 5.02 Å². The number of amides is 3. The van der Waals surface area contributed by atoms with Crippen LogP contribution in [0.15, 0.2) is 164 Å². The van der Waals surface area contributed by atoms with Crippen LogP contribution in [0.5, 0.6) is 0 Å². The Bertz CT molecular complexity index is 2480. The zero-order valence-corrected chi connectivity index (χ0v) is 29.2. The second-order valence-corrected chi connectivity index (χ2v) is 13.2. The van der Waals surface area contributed by atoms with Gasteiger partial charge in [-0.15, -0.1) is 0 Å². The monoisotopic (exact) mass is 712 g/mol. The Morgan fingerprint density at radius 3 is 2.15 bits per heavy atom. The average molecular weight is 713 g/mol. The van der Waals surface area contributed by atoms with Crippen molar-refractivity contribution in [3.63, 3.8) is 0 Å². The minimum atomic E-state index is -1.06. The molecule has 53 heavy (non-hydrogen) atoms. The maximum atomic E-state index is 14.8. The molecular formula is C45H33ClN4O3. The molecular weight excluding hydrogens is 680 g/mol. The van der Waals surface area contributed by atoms with Crippen LogP contribution in [-0.2, 0) is 16.1 Å². The number of aromatic nitrogens is 1. The normalized spacial score (nSPS) is 13.8. The number of hydrogen-bond acceptors (Lipinski definition) is 3. The van der Waals surface area contributed by atoms with Gasteiger partial charge in [-0.3, -0.25) is 14.4 Å². The van der Waals surface area contributed by atoms with Gasteiger partial charge in [0.05, 0.1) is 17.8 Å². The third-order valence-corrected chi connectivity index (χ3v) is 9.64. The highest BCUT2D eigenvalue weighted by molar-refractivity contribution is 6.39. The summed E-state index contributed by atoms with van der Waals surface area (Å²) in [5.41, 5.74) is 7.46. The molecule has 3 N–H and O–H groups in total. The van der Waals surface area contributed by atoms with E-state index in [0.717, 1.165) is 33.4 Å². The van der Waals surface area contributed by atoms with Gasteiger partial charge in [-0.2, -0.15) is 0 Å². The smallest absolute Gasteiger partial charge is 0.260 e. The van der Waals surface area contributed by atoms with Gasteiger partial charge in [0.2, 0.25) is 0 Å². The Hall–Kier alpha value is -6.70. The maximum Gasteiger partial charge on any atom is 0.260 e. The van der Waals surface area contributed by atoms with E-state index in [-0.39, 0.29) is 5.91 Å². The fraction of sp³-hybridized carbons (Fsp3) is 0.0444. The topological polar surface area (TPSA) is 94.3 Å². The molecule has 0 spiro atoms.